The quantitative estimate of drug-likeness (QED) is 0.332. The molecule has 0 aliphatic carbocycles. The molecule has 0 saturated carbocycles. The summed E-state index contributed by atoms with van der Waals surface area (Å²) in [6.45, 7) is 0. The summed E-state index contributed by atoms with van der Waals surface area (Å²) in [5, 5.41) is 0. The predicted molar refractivity (Wildman–Crippen MR) is 18.1 cm³/mol. The maximum atomic E-state index is 0. The first-order valence-electron chi connectivity index (χ1n) is 0. The fourth-order valence-corrected chi connectivity index (χ4v) is 0. The average molecular weight is 126 g/mol. The number of rotatable bonds is 0. The van der Waals surface area contributed by atoms with E-state index >= 15 is 0 Å². The van der Waals surface area contributed by atoms with Gasteiger partial charge in [-0.3, -0.25) is 0 Å². The zero-order valence-electron chi connectivity index (χ0n) is 1.69. The van der Waals surface area contributed by atoms with Crippen molar-refractivity contribution in [3.05, 3.63) is 0 Å². The summed E-state index contributed by atoms with van der Waals surface area (Å²) < 4.78 is 0. The summed E-state index contributed by atoms with van der Waals surface area (Å²) in [7, 11) is 0. The van der Waals surface area contributed by atoms with Crippen molar-refractivity contribution in [1.82, 2.24) is 0 Å². The second-order valence-electron chi connectivity index (χ2n) is 0. The van der Waals surface area contributed by atoms with Gasteiger partial charge in [-0.25, -0.2) is 0 Å². The number of hydrogen-bond donors (Lipinski definition) is 0. The second kappa shape index (κ2) is 44.5. The molecule has 0 aliphatic rings. The predicted octanol–water partition coefficient (Wildman–Crippen LogP) is -2.98. The molecule has 0 aromatic carbocycles. The summed E-state index contributed by atoms with van der Waals surface area (Å²) in [5.74, 6) is 0. The molecule has 0 heterocycles. The van der Waals surface area contributed by atoms with E-state index in [0.29, 0.717) is 0 Å². The molecule has 0 atom stereocenters. The first-order chi connectivity index (χ1) is 0. The van der Waals surface area contributed by atoms with Gasteiger partial charge < -0.3 is 17.9 Å². The van der Waals surface area contributed by atoms with E-state index in [-0.39, 0.29) is 42.7 Å². The van der Waals surface area contributed by atoms with E-state index in [9.17, 15) is 0 Å². The lowest BCUT2D eigenvalue weighted by Gasteiger charge is -1.00. The first-order valence-corrected chi connectivity index (χ1v) is 0. The standard InChI is InChI=1S/3ClH.H2O/h3*1H;1H2/p-1. The Morgan fingerprint density at radius 1 is 0.750 bits per heavy atom. The van der Waals surface area contributed by atoms with Crippen LogP contribution in [0, 0.1) is 0 Å². The highest BCUT2D eigenvalue weighted by molar-refractivity contribution is 5.85. The zero-order chi connectivity index (χ0) is 0. The molecule has 0 unspecified atom stereocenters. The molecule has 0 amide bonds. The molecule has 2 N–H and O–H groups in total. The van der Waals surface area contributed by atoms with Crippen LogP contribution in [0.5, 0.6) is 0 Å². The summed E-state index contributed by atoms with van der Waals surface area (Å²) in [4.78, 5) is 0. The normalized spacial score (nSPS) is 0. The van der Waals surface area contributed by atoms with Crippen molar-refractivity contribution >= 4 is 24.8 Å². The van der Waals surface area contributed by atoms with E-state index in [0.717, 1.165) is 0 Å². The van der Waals surface area contributed by atoms with Crippen LogP contribution in [0.25, 0.3) is 0 Å². The molecular formula is H4Cl3O-. The van der Waals surface area contributed by atoms with Crippen LogP contribution >= 0.6 is 24.8 Å². The van der Waals surface area contributed by atoms with Crippen molar-refractivity contribution in [3.8, 4) is 0 Å². The number of hydrogen-bond acceptors (Lipinski definition) is 0. The molecule has 4 heteroatoms. The molecular weight excluding hydrogens is 122 g/mol. The van der Waals surface area contributed by atoms with Gasteiger partial charge in [0.1, 0.15) is 0 Å². The summed E-state index contributed by atoms with van der Waals surface area (Å²) >= 11 is 0. The lowest BCUT2D eigenvalue weighted by Crippen LogP contribution is -3.00. The summed E-state index contributed by atoms with van der Waals surface area (Å²) in [6.07, 6.45) is 0. The lowest BCUT2D eigenvalue weighted by atomic mass is 16.0. The third-order valence-corrected chi connectivity index (χ3v) is 0. The van der Waals surface area contributed by atoms with Crippen LogP contribution in [0.1, 0.15) is 0 Å². The van der Waals surface area contributed by atoms with Crippen LogP contribution < -0.4 is 12.4 Å². The van der Waals surface area contributed by atoms with Crippen molar-refractivity contribution in [2.45, 2.75) is 0 Å². The zero-order valence-corrected chi connectivity index (χ0v) is 4.08. The van der Waals surface area contributed by atoms with Crippen LogP contribution in [0.4, 0.5) is 0 Å². The Hall–Kier alpha value is 0.830. The van der Waals surface area contributed by atoms with Gasteiger partial charge in [0.25, 0.3) is 0 Å². The average Bonchev–Trinajstić information content (AvgIpc) is 0. The SMILES string of the molecule is Cl.Cl.O.[Cl-]. The van der Waals surface area contributed by atoms with E-state index in [4.69, 9.17) is 0 Å². The van der Waals surface area contributed by atoms with E-state index in [1.807, 2.05) is 0 Å². The topological polar surface area (TPSA) is 31.5 Å². The van der Waals surface area contributed by atoms with Crippen molar-refractivity contribution < 1.29 is 17.9 Å². The smallest absolute Gasteiger partial charge is 0.147 e. The van der Waals surface area contributed by atoms with Gasteiger partial charge in [-0.2, -0.15) is 0 Å². The molecule has 0 aromatic rings. The molecule has 0 bridgehead atoms. The van der Waals surface area contributed by atoms with E-state index in [1.165, 1.54) is 0 Å². The minimum atomic E-state index is 0. The van der Waals surface area contributed by atoms with E-state index in [2.05, 4.69) is 0 Å². The molecule has 0 aromatic heterocycles. The lowest BCUT2D eigenvalue weighted by molar-refractivity contribution is -0.00000155. The third-order valence-electron chi connectivity index (χ3n) is 0. The molecule has 0 spiro atoms. The van der Waals surface area contributed by atoms with Gasteiger partial charge in [0.15, 0.2) is 0 Å². The van der Waals surface area contributed by atoms with Crippen molar-refractivity contribution in [1.29, 1.82) is 0 Å². The fourth-order valence-electron chi connectivity index (χ4n) is 0. The van der Waals surface area contributed by atoms with E-state index < -0.39 is 0 Å². The van der Waals surface area contributed by atoms with Crippen molar-refractivity contribution in [3.63, 3.8) is 0 Å². The van der Waals surface area contributed by atoms with Gasteiger partial charge in [-0.15, -0.1) is 24.8 Å². The minimum absolute atomic E-state index is 0. The van der Waals surface area contributed by atoms with E-state index in [1.54, 1.807) is 0 Å². The minimum Gasteiger partial charge on any atom is -1.00 e. The molecule has 0 fully saturated rings. The summed E-state index contributed by atoms with van der Waals surface area (Å²) in [5.41, 5.74) is 0. The monoisotopic (exact) mass is 125 g/mol. The second-order valence-corrected chi connectivity index (χ2v) is 0. The Morgan fingerprint density at radius 2 is 0.750 bits per heavy atom. The van der Waals surface area contributed by atoms with Gasteiger partial charge >= 0.3 is 0 Å². The fraction of sp³-hybridized carbons (Fsp3) is 0. The highest BCUT2D eigenvalue weighted by Crippen LogP contribution is 0.691. The van der Waals surface area contributed by atoms with Crippen molar-refractivity contribution in [2.75, 3.05) is 0 Å². The highest BCUT2D eigenvalue weighted by Gasteiger charge is -0.146. The highest BCUT2D eigenvalue weighted by atomic mass is 35.5. The van der Waals surface area contributed by atoms with Gasteiger partial charge in [-0.1, -0.05) is 0 Å². The maximum absolute atomic E-state index is 0. The van der Waals surface area contributed by atoms with Crippen LogP contribution in [0.2, 0.25) is 0 Å². The molecule has 0 saturated heterocycles. The van der Waals surface area contributed by atoms with Gasteiger partial charge in [0, 0.05) is 0 Å². The molecule has 0 radical (unpaired) electrons. The molecule has 4 heavy (non-hydrogen) atoms. The van der Waals surface area contributed by atoms with Gasteiger partial charge in [-0.05, 0) is 0 Å². The third kappa shape index (κ3) is 13.8. The van der Waals surface area contributed by atoms with Crippen molar-refractivity contribution in [2.24, 2.45) is 0 Å². The number of halogens is 3. The Kier molecular flexibility index (Phi) is 1140. The van der Waals surface area contributed by atoms with Gasteiger partial charge in [0.2, 0.25) is 0 Å². The largest absolute Gasteiger partial charge is 1.00 e. The molecule has 0 aliphatic heterocycles. The summed E-state index contributed by atoms with van der Waals surface area (Å²) in [6, 6.07) is 0. The van der Waals surface area contributed by atoms with Crippen LogP contribution in [0.15, 0.2) is 0 Å². The van der Waals surface area contributed by atoms with Crippen LogP contribution in [-0.4, -0.2) is 5.48 Å². The molecule has 0 rings (SSSR count). The maximum Gasteiger partial charge on any atom is -0.147 e. The first kappa shape index (κ1) is 103. The Labute approximate surface area is 43.3 Å². The van der Waals surface area contributed by atoms with Gasteiger partial charge in [0.05, 0.1) is 0 Å². The van der Waals surface area contributed by atoms with Crippen LogP contribution in [0.3, 0.4) is 0 Å². The molecule has 1 nitrogen and oxygen atoms in total. The van der Waals surface area contributed by atoms with Crippen LogP contribution in [-0.2, 0) is 0 Å². The Bertz CT molecular complexity index is 3.25. The Morgan fingerprint density at radius 3 is 0.750 bits per heavy atom. The molecule has 32 valence electrons. The Balaban J connectivity index is 0.